The molecule has 2 aromatic carbocycles. The van der Waals surface area contributed by atoms with Crippen LogP contribution in [0, 0.1) is 5.82 Å². The average molecular weight is 340 g/mol. The first kappa shape index (κ1) is 17.3. The summed E-state index contributed by atoms with van der Waals surface area (Å²) in [5, 5.41) is 12.6. The zero-order valence-electron chi connectivity index (χ0n) is 14.2. The van der Waals surface area contributed by atoms with Gasteiger partial charge in [0.25, 0.3) is 0 Å². The molecule has 5 nitrogen and oxygen atoms in total. The fourth-order valence-corrected chi connectivity index (χ4v) is 2.53. The van der Waals surface area contributed by atoms with Crippen molar-refractivity contribution in [2.45, 2.75) is 13.1 Å². The summed E-state index contributed by atoms with van der Waals surface area (Å²) in [6, 6.07) is 16.4. The van der Waals surface area contributed by atoms with Crippen LogP contribution >= 0.6 is 0 Å². The van der Waals surface area contributed by atoms with Gasteiger partial charge in [-0.05, 0) is 17.7 Å². The predicted octanol–water partition coefficient (Wildman–Crippen LogP) is 2.87. The number of aromatic nitrogens is 3. The van der Waals surface area contributed by atoms with E-state index in [1.54, 1.807) is 24.0 Å². The molecular formula is C19H21FN4O. The van der Waals surface area contributed by atoms with Crippen molar-refractivity contribution in [1.82, 2.24) is 20.3 Å². The number of benzene rings is 2. The number of methoxy groups -OCH3 is 1. The average Bonchev–Trinajstić information content (AvgIpc) is 3.04. The van der Waals surface area contributed by atoms with Crippen LogP contribution < -0.4 is 5.32 Å². The minimum atomic E-state index is -0.245. The summed E-state index contributed by atoms with van der Waals surface area (Å²) in [6.45, 7) is 2.50. The van der Waals surface area contributed by atoms with Crippen molar-refractivity contribution in [2.75, 3.05) is 20.3 Å². The maximum absolute atomic E-state index is 13.1. The van der Waals surface area contributed by atoms with Crippen LogP contribution in [0.3, 0.4) is 0 Å². The molecule has 0 saturated heterocycles. The molecule has 1 aromatic heterocycles. The highest BCUT2D eigenvalue weighted by Gasteiger charge is 2.13. The third kappa shape index (κ3) is 4.71. The van der Waals surface area contributed by atoms with E-state index in [1.807, 2.05) is 30.3 Å². The SMILES string of the molecule is COCCNCc1nn(Cc2ccc(F)cc2)nc1-c1ccccc1. The van der Waals surface area contributed by atoms with Gasteiger partial charge >= 0.3 is 0 Å². The summed E-state index contributed by atoms with van der Waals surface area (Å²) in [6.07, 6.45) is 0. The number of ether oxygens (including phenoxy) is 1. The normalized spacial score (nSPS) is 11.0. The standard InChI is InChI=1S/C19H21FN4O/c1-25-12-11-21-13-18-19(16-5-3-2-4-6-16)23-24(22-18)14-15-7-9-17(20)10-8-15/h2-10,21H,11-14H2,1H3. The summed E-state index contributed by atoms with van der Waals surface area (Å²) in [7, 11) is 1.68. The number of nitrogens with one attached hydrogen (secondary N) is 1. The molecule has 0 amide bonds. The molecule has 1 N–H and O–H groups in total. The van der Waals surface area contributed by atoms with Gasteiger partial charge in [0, 0.05) is 25.8 Å². The molecule has 3 aromatic rings. The lowest BCUT2D eigenvalue weighted by atomic mass is 10.1. The summed E-state index contributed by atoms with van der Waals surface area (Å²) in [5.74, 6) is -0.245. The van der Waals surface area contributed by atoms with Gasteiger partial charge in [0.1, 0.15) is 17.2 Å². The molecule has 0 aliphatic rings. The molecule has 0 atom stereocenters. The van der Waals surface area contributed by atoms with Crippen LogP contribution in [0.25, 0.3) is 11.3 Å². The van der Waals surface area contributed by atoms with Crippen molar-refractivity contribution in [1.29, 1.82) is 0 Å². The number of hydrogen-bond donors (Lipinski definition) is 1. The van der Waals surface area contributed by atoms with E-state index in [9.17, 15) is 4.39 Å². The minimum absolute atomic E-state index is 0.245. The topological polar surface area (TPSA) is 52.0 Å². The van der Waals surface area contributed by atoms with Crippen LogP contribution in [0.15, 0.2) is 54.6 Å². The number of nitrogens with zero attached hydrogens (tertiary/aromatic N) is 3. The Morgan fingerprint density at radius 1 is 1.04 bits per heavy atom. The van der Waals surface area contributed by atoms with Gasteiger partial charge in [0.2, 0.25) is 0 Å². The van der Waals surface area contributed by atoms with E-state index < -0.39 is 0 Å². The summed E-state index contributed by atoms with van der Waals surface area (Å²) >= 11 is 0. The molecular weight excluding hydrogens is 319 g/mol. The van der Waals surface area contributed by atoms with Crippen molar-refractivity contribution in [3.8, 4) is 11.3 Å². The minimum Gasteiger partial charge on any atom is -0.383 e. The van der Waals surface area contributed by atoms with Crippen LogP contribution in [0.2, 0.25) is 0 Å². The van der Waals surface area contributed by atoms with Crippen molar-refractivity contribution in [2.24, 2.45) is 0 Å². The molecule has 0 aliphatic carbocycles. The van der Waals surface area contributed by atoms with E-state index in [0.717, 1.165) is 29.1 Å². The van der Waals surface area contributed by atoms with Crippen molar-refractivity contribution >= 4 is 0 Å². The van der Waals surface area contributed by atoms with Crippen LogP contribution in [0.5, 0.6) is 0 Å². The quantitative estimate of drug-likeness (QED) is 0.641. The molecule has 3 rings (SSSR count). The Balaban J connectivity index is 1.81. The van der Waals surface area contributed by atoms with Crippen LogP contribution in [0.4, 0.5) is 4.39 Å². The van der Waals surface area contributed by atoms with E-state index in [0.29, 0.717) is 19.7 Å². The molecule has 25 heavy (non-hydrogen) atoms. The second kappa shape index (κ2) is 8.50. The molecule has 0 aliphatic heterocycles. The Hall–Kier alpha value is -2.57. The van der Waals surface area contributed by atoms with Gasteiger partial charge in [0.15, 0.2) is 0 Å². The molecule has 0 fully saturated rings. The molecule has 0 bridgehead atoms. The van der Waals surface area contributed by atoms with E-state index in [1.165, 1.54) is 12.1 Å². The lowest BCUT2D eigenvalue weighted by Gasteiger charge is -2.03. The van der Waals surface area contributed by atoms with E-state index in [-0.39, 0.29) is 5.82 Å². The van der Waals surface area contributed by atoms with Gasteiger partial charge in [-0.3, -0.25) is 0 Å². The van der Waals surface area contributed by atoms with E-state index in [4.69, 9.17) is 4.74 Å². The Morgan fingerprint density at radius 2 is 1.80 bits per heavy atom. The molecule has 0 radical (unpaired) electrons. The molecule has 0 unspecified atom stereocenters. The summed E-state index contributed by atoms with van der Waals surface area (Å²) < 4.78 is 18.1. The Labute approximate surface area is 146 Å². The first-order valence-corrected chi connectivity index (χ1v) is 8.20. The first-order valence-electron chi connectivity index (χ1n) is 8.20. The second-order valence-electron chi connectivity index (χ2n) is 5.69. The Bertz CT molecular complexity index is 787. The monoisotopic (exact) mass is 340 g/mol. The smallest absolute Gasteiger partial charge is 0.123 e. The van der Waals surface area contributed by atoms with Gasteiger partial charge < -0.3 is 10.1 Å². The Kier molecular flexibility index (Phi) is 5.87. The number of halogens is 1. The molecule has 0 spiro atoms. The van der Waals surface area contributed by atoms with Gasteiger partial charge in [-0.1, -0.05) is 42.5 Å². The predicted molar refractivity (Wildman–Crippen MR) is 94.5 cm³/mol. The third-order valence-corrected chi connectivity index (χ3v) is 3.78. The van der Waals surface area contributed by atoms with Crippen molar-refractivity contribution < 1.29 is 9.13 Å². The van der Waals surface area contributed by atoms with Crippen LogP contribution in [0.1, 0.15) is 11.3 Å². The number of rotatable bonds is 8. The molecule has 0 saturated carbocycles. The summed E-state index contributed by atoms with van der Waals surface area (Å²) in [4.78, 5) is 1.66. The summed E-state index contributed by atoms with van der Waals surface area (Å²) in [5.41, 5.74) is 3.71. The van der Waals surface area contributed by atoms with Crippen LogP contribution in [-0.4, -0.2) is 35.3 Å². The maximum Gasteiger partial charge on any atom is 0.123 e. The highest BCUT2D eigenvalue weighted by molar-refractivity contribution is 5.60. The van der Waals surface area contributed by atoms with Crippen LogP contribution in [-0.2, 0) is 17.8 Å². The van der Waals surface area contributed by atoms with Crippen molar-refractivity contribution in [3.05, 3.63) is 71.7 Å². The van der Waals surface area contributed by atoms with Gasteiger partial charge in [-0.25, -0.2) is 4.39 Å². The van der Waals surface area contributed by atoms with Gasteiger partial charge in [-0.15, -0.1) is 0 Å². The molecule has 6 heteroatoms. The Morgan fingerprint density at radius 3 is 2.52 bits per heavy atom. The maximum atomic E-state index is 13.1. The van der Waals surface area contributed by atoms with Crippen molar-refractivity contribution in [3.63, 3.8) is 0 Å². The second-order valence-corrected chi connectivity index (χ2v) is 5.69. The lowest BCUT2D eigenvalue weighted by Crippen LogP contribution is -2.19. The largest absolute Gasteiger partial charge is 0.383 e. The molecule has 1 heterocycles. The fraction of sp³-hybridized carbons (Fsp3) is 0.263. The molecule has 130 valence electrons. The fourth-order valence-electron chi connectivity index (χ4n) is 2.53. The zero-order chi connectivity index (χ0) is 17.5. The lowest BCUT2D eigenvalue weighted by molar-refractivity contribution is 0.199. The first-order chi connectivity index (χ1) is 12.3. The van der Waals surface area contributed by atoms with Gasteiger partial charge in [0.05, 0.1) is 13.2 Å². The van der Waals surface area contributed by atoms with E-state index >= 15 is 0 Å². The van der Waals surface area contributed by atoms with E-state index in [2.05, 4.69) is 15.5 Å². The third-order valence-electron chi connectivity index (χ3n) is 3.78. The number of hydrogen-bond acceptors (Lipinski definition) is 4. The highest BCUT2D eigenvalue weighted by atomic mass is 19.1. The highest BCUT2D eigenvalue weighted by Crippen LogP contribution is 2.20. The van der Waals surface area contributed by atoms with Gasteiger partial charge in [-0.2, -0.15) is 15.0 Å². The zero-order valence-corrected chi connectivity index (χ0v) is 14.2.